The smallest absolute Gasteiger partial charge is 0.136 e. The van der Waals surface area contributed by atoms with Crippen molar-refractivity contribution in [3.8, 4) is 22.3 Å². The zero-order valence-corrected chi connectivity index (χ0v) is 23.0. The largest absolute Gasteiger partial charge is 0.456 e. The Bertz CT molecular complexity index is 1530. The van der Waals surface area contributed by atoms with E-state index in [0.29, 0.717) is 5.92 Å². The van der Waals surface area contributed by atoms with Crippen LogP contribution in [-0.2, 0) is 10.8 Å². The molecule has 0 amide bonds. The van der Waals surface area contributed by atoms with Crippen LogP contribution in [0.25, 0.3) is 44.2 Å². The van der Waals surface area contributed by atoms with Gasteiger partial charge in [-0.3, -0.25) is 0 Å². The van der Waals surface area contributed by atoms with Gasteiger partial charge in [-0.05, 0) is 67.8 Å². The molecule has 0 aliphatic rings. The summed E-state index contributed by atoms with van der Waals surface area (Å²) in [6, 6.07) is 28.9. The maximum Gasteiger partial charge on any atom is 0.136 e. The fourth-order valence-corrected chi connectivity index (χ4v) is 5.32. The first-order chi connectivity index (χ1) is 16.9. The van der Waals surface area contributed by atoms with Gasteiger partial charge in [-0.25, -0.2) is 0 Å². The van der Waals surface area contributed by atoms with Crippen LogP contribution in [0.2, 0.25) is 0 Å². The van der Waals surface area contributed by atoms with Gasteiger partial charge in [0.1, 0.15) is 11.2 Å². The minimum atomic E-state index is 0.0763. The lowest BCUT2D eigenvalue weighted by molar-refractivity contribution is 0.569. The minimum Gasteiger partial charge on any atom is -0.456 e. The van der Waals surface area contributed by atoms with Crippen molar-refractivity contribution < 1.29 is 4.42 Å². The van der Waals surface area contributed by atoms with E-state index in [-0.39, 0.29) is 10.8 Å². The van der Waals surface area contributed by atoms with Gasteiger partial charge in [0.05, 0.1) is 0 Å². The van der Waals surface area contributed by atoms with Gasteiger partial charge in [0.15, 0.2) is 0 Å². The van der Waals surface area contributed by atoms with E-state index in [0.717, 1.165) is 11.2 Å². The lowest BCUT2D eigenvalue weighted by Crippen LogP contribution is -2.16. The first kappa shape index (κ1) is 24.4. The van der Waals surface area contributed by atoms with E-state index in [4.69, 9.17) is 4.42 Å². The topological polar surface area (TPSA) is 13.1 Å². The number of benzene rings is 4. The average molecular weight is 475 g/mol. The zero-order valence-electron chi connectivity index (χ0n) is 23.0. The summed E-state index contributed by atoms with van der Waals surface area (Å²) in [5.41, 5.74) is 11.4. The number of hydrogen-bond acceptors (Lipinski definition) is 1. The van der Waals surface area contributed by atoms with E-state index in [9.17, 15) is 0 Å². The lowest BCUT2D eigenvalue weighted by Gasteiger charge is -2.27. The molecule has 1 nitrogen and oxygen atoms in total. The van der Waals surface area contributed by atoms with E-state index < -0.39 is 0 Å². The van der Waals surface area contributed by atoms with Crippen LogP contribution < -0.4 is 0 Å². The number of para-hydroxylation sites is 1. The normalized spacial score (nSPS) is 12.7. The van der Waals surface area contributed by atoms with Gasteiger partial charge in [-0.2, -0.15) is 0 Å². The molecule has 5 rings (SSSR count). The van der Waals surface area contributed by atoms with Crippen molar-refractivity contribution in [1.82, 2.24) is 0 Å². The van der Waals surface area contributed by atoms with E-state index in [2.05, 4.69) is 128 Å². The Morgan fingerprint density at radius 3 is 1.78 bits per heavy atom. The molecule has 0 saturated heterocycles. The number of rotatable bonds is 3. The molecule has 0 unspecified atom stereocenters. The van der Waals surface area contributed by atoms with E-state index >= 15 is 0 Å². The van der Waals surface area contributed by atoms with Crippen LogP contribution in [-0.4, -0.2) is 0 Å². The summed E-state index contributed by atoms with van der Waals surface area (Å²) in [6.07, 6.45) is 0. The van der Waals surface area contributed by atoms with Gasteiger partial charge in [-0.15, -0.1) is 0 Å². The number of furan rings is 1. The Kier molecular flexibility index (Phi) is 5.86. The Morgan fingerprint density at radius 1 is 0.583 bits per heavy atom. The molecule has 1 heteroatoms. The molecule has 4 aromatic carbocycles. The average Bonchev–Trinajstić information content (AvgIpc) is 3.21. The quantitative estimate of drug-likeness (QED) is 0.253. The van der Waals surface area contributed by atoms with Gasteiger partial charge in [0, 0.05) is 10.8 Å². The Labute approximate surface area is 216 Å². The van der Waals surface area contributed by atoms with Crippen LogP contribution in [0.1, 0.15) is 78.0 Å². The predicted octanol–water partition coefficient (Wildman–Crippen LogP) is 10.6. The standard InChI is InChI=1S/C35H38O/c1-22(2)32-26(23-19-24(34(3,4)5)21-25(20-23)35(6,7)8)14-11-15-27(32)28-16-12-18-31-33(28)29-13-9-10-17-30(29)36-31/h9-22H,1-8H3. The van der Waals surface area contributed by atoms with Crippen LogP contribution >= 0.6 is 0 Å². The van der Waals surface area contributed by atoms with Gasteiger partial charge in [0.25, 0.3) is 0 Å². The van der Waals surface area contributed by atoms with Gasteiger partial charge < -0.3 is 4.42 Å². The summed E-state index contributed by atoms with van der Waals surface area (Å²) in [4.78, 5) is 0. The molecular formula is C35H38O. The molecule has 184 valence electrons. The molecule has 0 saturated carbocycles. The number of hydrogen-bond donors (Lipinski definition) is 0. The third kappa shape index (κ3) is 4.26. The Hall–Kier alpha value is -3.32. The van der Waals surface area contributed by atoms with Crippen molar-refractivity contribution >= 4 is 21.9 Å². The van der Waals surface area contributed by atoms with Gasteiger partial charge >= 0.3 is 0 Å². The summed E-state index contributed by atoms with van der Waals surface area (Å²) in [7, 11) is 0. The van der Waals surface area contributed by atoms with Gasteiger partial charge in [-0.1, -0.05) is 122 Å². The van der Waals surface area contributed by atoms with E-state index in [1.807, 2.05) is 6.07 Å². The molecule has 0 N–H and O–H groups in total. The molecule has 0 radical (unpaired) electrons. The predicted molar refractivity (Wildman–Crippen MR) is 156 cm³/mol. The SMILES string of the molecule is CC(C)c1c(-c2cc(C(C)(C)C)cc(C(C)(C)C)c2)cccc1-c1cccc2oc3ccccc3c12. The molecule has 0 bridgehead atoms. The Balaban J connectivity index is 1.82. The third-order valence-electron chi connectivity index (χ3n) is 7.35. The van der Waals surface area contributed by atoms with Crippen LogP contribution in [0.3, 0.4) is 0 Å². The molecule has 0 aliphatic carbocycles. The molecular weight excluding hydrogens is 436 g/mol. The molecule has 0 aliphatic heterocycles. The van der Waals surface area contributed by atoms with E-state index in [1.54, 1.807) is 0 Å². The summed E-state index contributed by atoms with van der Waals surface area (Å²) in [6.45, 7) is 18.5. The second-order valence-electron chi connectivity index (χ2n) is 12.5. The first-order valence-corrected chi connectivity index (χ1v) is 13.1. The second-order valence-corrected chi connectivity index (χ2v) is 12.5. The molecule has 0 atom stereocenters. The van der Waals surface area contributed by atoms with Gasteiger partial charge in [0.2, 0.25) is 0 Å². The first-order valence-electron chi connectivity index (χ1n) is 13.1. The molecule has 36 heavy (non-hydrogen) atoms. The summed E-state index contributed by atoms with van der Waals surface area (Å²) >= 11 is 0. The van der Waals surface area contributed by atoms with Crippen molar-refractivity contribution in [3.63, 3.8) is 0 Å². The number of fused-ring (bicyclic) bond motifs is 3. The summed E-state index contributed by atoms with van der Waals surface area (Å²) in [5.74, 6) is 0.362. The highest BCUT2D eigenvalue weighted by atomic mass is 16.3. The van der Waals surface area contributed by atoms with Crippen LogP contribution in [0, 0.1) is 0 Å². The van der Waals surface area contributed by atoms with Crippen LogP contribution in [0.5, 0.6) is 0 Å². The van der Waals surface area contributed by atoms with Crippen molar-refractivity contribution in [3.05, 3.63) is 95.6 Å². The second kappa shape index (κ2) is 8.66. The molecule has 1 aromatic heterocycles. The summed E-state index contributed by atoms with van der Waals surface area (Å²) < 4.78 is 6.24. The summed E-state index contributed by atoms with van der Waals surface area (Å²) in [5, 5.41) is 2.37. The molecule has 0 spiro atoms. The maximum atomic E-state index is 6.24. The minimum absolute atomic E-state index is 0.0763. The van der Waals surface area contributed by atoms with Crippen molar-refractivity contribution in [2.75, 3.05) is 0 Å². The zero-order chi connectivity index (χ0) is 25.8. The fourth-order valence-electron chi connectivity index (χ4n) is 5.32. The van der Waals surface area contributed by atoms with Crippen molar-refractivity contribution in [1.29, 1.82) is 0 Å². The highest BCUT2D eigenvalue weighted by molar-refractivity contribution is 6.12. The molecule has 0 fully saturated rings. The van der Waals surface area contributed by atoms with E-state index in [1.165, 1.54) is 49.7 Å². The highest BCUT2D eigenvalue weighted by Crippen LogP contribution is 2.43. The maximum absolute atomic E-state index is 6.24. The molecule has 5 aromatic rings. The van der Waals surface area contributed by atoms with Crippen molar-refractivity contribution in [2.45, 2.75) is 72.1 Å². The fraction of sp³-hybridized carbons (Fsp3) is 0.314. The van der Waals surface area contributed by atoms with Crippen LogP contribution in [0.4, 0.5) is 0 Å². The lowest BCUT2D eigenvalue weighted by atomic mass is 9.77. The molecule has 1 heterocycles. The van der Waals surface area contributed by atoms with Crippen LogP contribution in [0.15, 0.2) is 83.3 Å². The van der Waals surface area contributed by atoms with Crippen molar-refractivity contribution in [2.24, 2.45) is 0 Å². The Morgan fingerprint density at radius 2 is 1.14 bits per heavy atom. The highest BCUT2D eigenvalue weighted by Gasteiger charge is 2.23. The third-order valence-corrected chi connectivity index (χ3v) is 7.35. The monoisotopic (exact) mass is 474 g/mol.